The summed E-state index contributed by atoms with van der Waals surface area (Å²) in [4.78, 5) is 22.4. The van der Waals surface area contributed by atoms with Crippen LogP contribution in [0.5, 0.6) is 0 Å². The summed E-state index contributed by atoms with van der Waals surface area (Å²) in [6.07, 6.45) is 1.93. The number of Topliss-reactive ketones (excluding diaryl/α,β-unsaturated/α-hetero) is 1. The molecule has 25 heavy (non-hydrogen) atoms. The van der Waals surface area contributed by atoms with Crippen LogP contribution < -0.4 is 5.62 Å². The molecule has 0 amide bonds. The van der Waals surface area contributed by atoms with Crippen molar-refractivity contribution >= 4 is 22.7 Å². The molecule has 0 atom stereocenters. The van der Waals surface area contributed by atoms with Crippen molar-refractivity contribution in [3.63, 3.8) is 0 Å². The number of fused-ring (bicyclic) bond motifs is 1. The summed E-state index contributed by atoms with van der Waals surface area (Å²) >= 11 is 0. The van der Waals surface area contributed by atoms with Gasteiger partial charge in [-0.25, -0.2) is 0 Å². The summed E-state index contributed by atoms with van der Waals surface area (Å²) in [5, 5.41) is 19.1. The van der Waals surface area contributed by atoms with Crippen LogP contribution in [0.3, 0.4) is 0 Å². The number of rotatable bonds is 7. The summed E-state index contributed by atoms with van der Waals surface area (Å²) in [5.41, 5.74) is 1.89. The number of hydrogen-bond donors (Lipinski definition) is 1. The number of ketones is 1. The fourth-order valence-corrected chi connectivity index (χ4v) is 2.79. The molecule has 2 aromatic heterocycles. The van der Waals surface area contributed by atoms with Gasteiger partial charge in [-0.3, -0.25) is 20.3 Å². The fourth-order valence-electron chi connectivity index (χ4n) is 2.79. The molecule has 0 radical (unpaired) electrons. The smallest absolute Gasteiger partial charge is 0.397 e. The zero-order valence-electron chi connectivity index (χ0n) is 13.8. The third-order valence-electron chi connectivity index (χ3n) is 4.06. The first kappa shape index (κ1) is 16.7. The predicted octanol–water partition coefficient (Wildman–Crippen LogP) is 3.11. The van der Waals surface area contributed by atoms with Crippen molar-refractivity contribution in [2.75, 3.05) is 0 Å². The Balaban J connectivity index is 1.97. The first-order valence-electron chi connectivity index (χ1n) is 8.03. The quantitative estimate of drug-likeness (QED) is 0.404. The summed E-state index contributed by atoms with van der Waals surface area (Å²) in [7, 11) is 0. The standard InChI is InChI=1S/C17H18N4O4/c1-2-3-10-19-12-6-4-5-7-13(12)20(17(19)18)11-14(22)15-8-9-16(25-15)21(23)24/h4-9,18H,2-3,10-11H2,1H3. The summed E-state index contributed by atoms with van der Waals surface area (Å²) in [6, 6.07) is 9.97. The average molecular weight is 342 g/mol. The van der Waals surface area contributed by atoms with E-state index < -0.39 is 16.6 Å². The van der Waals surface area contributed by atoms with E-state index in [1.54, 1.807) is 4.57 Å². The minimum Gasteiger partial charge on any atom is -0.397 e. The summed E-state index contributed by atoms with van der Waals surface area (Å²) in [6.45, 7) is 2.67. The number of aryl methyl sites for hydroxylation is 1. The number of carbonyl (C=O) groups excluding carboxylic acids is 1. The average Bonchev–Trinajstić information content (AvgIpc) is 3.19. The van der Waals surface area contributed by atoms with Crippen LogP contribution in [0.2, 0.25) is 0 Å². The molecule has 3 aromatic rings. The molecule has 0 aliphatic rings. The van der Waals surface area contributed by atoms with E-state index in [1.165, 1.54) is 6.07 Å². The number of para-hydroxylation sites is 2. The molecule has 130 valence electrons. The summed E-state index contributed by atoms with van der Waals surface area (Å²) < 4.78 is 8.44. The van der Waals surface area contributed by atoms with E-state index in [2.05, 4.69) is 6.92 Å². The molecular weight excluding hydrogens is 324 g/mol. The molecule has 3 rings (SSSR count). The van der Waals surface area contributed by atoms with Gasteiger partial charge >= 0.3 is 5.88 Å². The zero-order chi connectivity index (χ0) is 18.0. The van der Waals surface area contributed by atoms with Gasteiger partial charge < -0.3 is 13.6 Å². The maximum Gasteiger partial charge on any atom is 0.433 e. The van der Waals surface area contributed by atoms with Gasteiger partial charge in [0.05, 0.1) is 23.6 Å². The van der Waals surface area contributed by atoms with Crippen molar-refractivity contribution in [2.45, 2.75) is 32.9 Å². The number of carbonyl (C=O) groups is 1. The van der Waals surface area contributed by atoms with Gasteiger partial charge in [-0.05, 0) is 24.6 Å². The van der Waals surface area contributed by atoms with Crippen LogP contribution in [0.15, 0.2) is 40.8 Å². The van der Waals surface area contributed by atoms with Crippen molar-refractivity contribution in [3.8, 4) is 0 Å². The van der Waals surface area contributed by atoms with Crippen LogP contribution in [0.25, 0.3) is 11.0 Å². The molecule has 0 aliphatic heterocycles. The van der Waals surface area contributed by atoms with Crippen molar-refractivity contribution in [3.05, 3.63) is 57.9 Å². The van der Waals surface area contributed by atoms with Gasteiger partial charge in [0.2, 0.25) is 11.4 Å². The maximum atomic E-state index is 12.4. The van der Waals surface area contributed by atoms with Crippen molar-refractivity contribution in [1.82, 2.24) is 9.13 Å². The highest BCUT2D eigenvalue weighted by Gasteiger charge is 2.19. The fraction of sp³-hybridized carbons (Fsp3) is 0.294. The van der Waals surface area contributed by atoms with Gasteiger partial charge in [-0.2, -0.15) is 0 Å². The third-order valence-corrected chi connectivity index (χ3v) is 4.06. The Hall–Kier alpha value is -3.16. The van der Waals surface area contributed by atoms with Crippen LogP contribution in [0.1, 0.15) is 30.3 Å². The molecule has 0 bridgehead atoms. The Morgan fingerprint density at radius 1 is 1.20 bits per heavy atom. The highest BCUT2D eigenvalue weighted by Crippen LogP contribution is 2.18. The van der Waals surface area contributed by atoms with E-state index in [0.29, 0.717) is 6.54 Å². The first-order chi connectivity index (χ1) is 12.0. The second-order valence-electron chi connectivity index (χ2n) is 5.72. The van der Waals surface area contributed by atoms with Gasteiger partial charge in [-0.15, -0.1) is 0 Å². The SMILES string of the molecule is CCCCn1c(=N)n(CC(=O)c2ccc([N+](=O)[O-])o2)c2ccccc21. The van der Waals surface area contributed by atoms with E-state index in [1.807, 2.05) is 28.8 Å². The van der Waals surface area contributed by atoms with Crippen LogP contribution >= 0.6 is 0 Å². The largest absolute Gasteiger partial charge is 0.433 e. The molecule has 8 nitrogen and oxygen atoms in total. The number of nitrogens with one attached hydrogen (secondary N) is 1. The van der Waals surface area contributed by atoms with Crippen molar-refractivity contribution < 1.29 is 14.1 Å². The third kappa shape index (κ3) is 3.10. The molecule has 0 aliphatic carbocycles. The lowest BCUT2D eigenvalue weighted by molar-refractivity contribution is -0.402. The van der Waals surface area contributed by atoms with Crippen molar-refractivity contribution in [1.29, 1.82) is 5.41 Å². The first-order valence-corrected chi connectivity index (χ1v) is 8.03. The second-order valence-corrected chi connectivity index (χ2v) is 5.72. The molecule has 0 fully saturated rings. The maximum absolute atomic E-state index is 12.4. The van der Waals surface area contributed by atoms with E-state index in [9.17, 15) is 14.9 Å². The minimum atomic E-state index is -0.684. The molecule has 1 N–H and O–H groups in total. The van der Waals surface area contributed by atoms with Gasteiger partial charge in [0, 0.05) is 6.54 Å². The zero-order valence-corrected chi connectivity index (χ0v) is 13.8. The van der Waals surface area contributed by atoms with Gasteiger partial charge in [-0.1, -0.05) is 25.5 Å². The highest BCUT2D eigenvalue weighted by molar-refractivity contribution is 5.94. The second kappa shape index (κ2) is 6.76. The molecule has 1 aromatic carbocycles. The van der Waals surface area contributed by atoms with E-state index >= 15 is 0 Å². The Bertz CT molecular complexity index is 996. The number of benzene rings is 1. The minimum absolute atomic E-state index is 0.0796. The predicted molar refractivity (Wildman–Crippen MR) is 90.4 cm³/mol. The Morgan fingerprint density at radius 3 is 2.48 bits per heavy atom. The van der Waals surface area contributed by atoms with Crippen LogP contribution in [-0.4, -0.2) is 19.8 Å². The topological polar surface area (TPSA) is 107 Å². The lowest BCUT2D eigenvalue weighted by atomic mass is 10.2. The molecular formula is C17H18N4O4. The highest BCUT2D eigenvalue weighted by atomic mass is 16.6. The molecule has 2 heterocycles. The number of imidazole rings is 1. The van der Waals surface area contributed by atoms with Crippen LogP contribution in [-0.2, 0) is 13.1 Å². The number of nitrogens with zero attached hydrogens (tertiary/aromatic N) is 3. The number of furan rings is 1. The van der Waals surface area contributed by atoms with E-state index in [-0.39, 0.29) is 17.9 Å². The Kier molecular flexibility index (Phi) is 4.51. The van der Waals surface area contributed by atoms with Crippen molar-refractivity contribution in [2.24, 2.45) is 0 Å². The van der Waals surface area contributed by atoms with E-state index in [0.717, 1.165) is 29.9 Å². The number of hydrogen-bond acceptors (Lipinski definition) is 5. The number of unbranched alkanes of at least 4 members (excludes halogenated alkanes) is 1. The molecule has 0 saturated carbocycles. The normalized spacial score (nSPS) is 11.1. The van der Waals surface area contributed by atoms with Gasteiger partial charge in [0.1, 0.15) is 4.92 Å². The summed E-state index contributed by atoms with van der Waals surface area (Å²) in [5.74, 6) is -0.959. The van der Waals surface area contributed by atoms with Crippen LogP contribution in [0.4, 0.5) is 5.88 Å². The lowest BCUT2D eigenvalue weighted by Gasteiger charge is -2.03. The van der Waals surface area contributed by atoms with Crippen LogP contribution in [0, 0.1) is 15.5 Å². The molecule has 8 heteroatoms. The number of aromatic nitrogens is 2. The monoisotopic (exact) mass is 342 g/mol. The Labute approximate surface area is 143 Å². The molecule has 0 spiro atoms. The lowest BCUT2D eigenvalue weighted by Crippen LogP contribution is -2.27. The van der Waals surface area contributed by atoms with Gasteiger partial charge in [0.25, 0.3) is 0 Å². The molecule has 0 saturated heterocycles. The Morgan fingerprint density at radius 2 is 1.88 bits per heavy atom. The number of nitro groups is 1. The van der Waals surface area contributed by atoms with E-state index in [4.69, 9.17) is 9.83 Å². The molecule has 0 unspecified atom stereocenters. The van der Waals surface area contributed by atoms with Gasteiger partial charge in [0.15, 0.2) is 5.76 Å².